The Labute approximate surface area is 119 Å². The molecule has 0 atom stereocenters. The molecule has 0 amide bonds. The summed E-state index contributed by atoms with van der Waals surface area (Å²) in [5.74, 6) is -0.176. The molecule has 0 saturated heterocycles. The van der Waals surface area contributed by atoms with Gasteiger partial charge in [-0.2, -0.15) is 0 Å². The summed E-state index contributed by atoms with van der Waals surface area (Å²) < 4.78 is 29.4. The number of nitrogens with two attached hydrogens (primary N) is 1. The first-order valence-corrected chi connectivity index (χ1v) is 7.84. The Kier molecular flexibility index (Phi) is 4.02. The van der Waals surface area contributed by atoms with E-state index in [-0.39, 0.29) is 15.9 Å². The molecule has 0 fully saturated rings. The maximum atomic E-state index is 11.8. The number of anilines is 1. The van der Waals surface area contributed by atoms with E-state index in [1.54, 1.807) is 24.3 Å². The van der Waals surface area contributed by atoms with Crippen molar-refractivity contribution in [3.05, 3.63) is 35.4 Å². The van der Waals surface area contributed by atoms with E-state index in [0.29, 0.717) is 11.1 Å². The van der Waals surface area contributed by atoms with Crippen molar-refractivity contribution < 1.29 is 8.42 Å². The van der Waals surface area contributed by atoms with Crippen LogP contribution in [0.15, 0.2) is 24.3 Å². The Balaban J connectivity index is 2.09. The van der Waals surface area contributed by atoms with Gasteiger partial charge < -0.3 is 5.73 Å². The van der Waals surface area contributed by atoms with Crippen LogP contribution in [0.2, 0.25) is 0 Å². The second-order valence-corrected chi connectivity index (χ2v) is 6.48. The van der Waals surface area contributed by atoms with Gasteiger partial charge in [0.15, 0.2) is 0 Å². The van der Waals surface area contributed by atoms with Gasteiger partial charge in [0.1, 0.15) is 4.99 Å². The van der Waals surface area contributed by atoms with Gasteiger partial charge in [-0.15, -0.1) is 0 Å². The molecular formula is C9H9N5O2S3. The number of hydrogen-bond donors (Lipinski definition) is 2. The van der Waals surface area contributed by atoms with E-state index in [2.05, 4.69) is 19.5 Å². The van der Waals surface area contributed by atoms with Crippen molar-refractivity contribution in [2.75, 3.05) is 4.72 Å². The largest absolute Gasteiger partial charge is 0.389 e. The van der Waals surface area contributed by atoms with E-state index >= 15 is 0 Å². The van der Waals surface area contributed by atoms with Gasteiger partial charge in [-0.3, -0.25) is 4.72 Å². The first-order valence-electron chi connectivity index (χ1n) is 5.00. The summed E-state index contributed by atoms with van der Waals surface area (Å²) in [5.41, 5.74) is 6.77. The van der Waals surface area contributed by atoms with Crippen LogP contribution in [0.25, 0.3) is 0 Å². The number of rotatable bonds is 5. The topological polar surface area (TPSA) is 111 Å². The molecule has 1 aromatic carbocycles. The number of aromatic nitrogens is 3. The third-order valence-electron chi connectivity index (χ3n) is 2.14. The van der Waals surface area contributed by atoms with E-state index in [9.17, 15) is 8.42 Å². The van der Waals surface area contributed by atoms with Crippen LogP contribution in [0.1, 0.15) is 11.1 Å². The Bertz CT molecular complexity index is 666. The van der Waals surface area contributed by atoms with E-state index in [0.717, 1.165) is 11.5 Å². The lowest BCUT2D eigenvalue weighted by Crippen LogP contribution is -2.15. The summed E-state index contributed by atoms with van der Waals surface area (Å²) in [6, 6.07) is 6.68. The smallest absolute Gasteiger partial charge is 0.238 e. The number of benzene rings is 1. The molecule has 0 aliphatic rings. The quantitative estimate of drug-likeness (QED) is 0.773. The predicted molar refractivity (Wildman–Crippen MR) is 76.3 cm³/mol. The molecule has 19 heavy (non-hydrogen) atoms. The molecule has 0 spiro atoms. The van der Waals surface area contributed by atoms with Crippen LogP contribution >= 0.6 is 23.8 Å². The Hall–Kier alpha value is -1.65. The predicted octanol–water partition coefficient (Wildman–Crippen LogP) is 0.509. The zero-order valence-electron chi connectivity index (χ0n) is 9.48. The average molecular weight is 315 g/mol. The first-order chi connectivity index (χ1) is 8.96. The average Bonchev–Trinajstić information content (AvgIpc) is 2.81. The van der Waals surface area contributed by atoms with Crippen molar-refractivity contribution in [2.45, 2.75) is 5.75 Å². The van der Waals surface area contributed by atoms with E-state index in [1.807, 2.05) is 0 Å². The summed E-state index contributed by atoms with van der Waals surface area (Å²) >= 11 is 5.69. The van der Waals surface area contributed by atoms with Crippen LogP contribution in [-0.2, 0) is 15.8 Å². The highest BCUT2D eigenvalue weighted by Crippen LogP contribution is 2.13. The fourth-order valence-electron chi connectivity index (χ4n) is 1.33. The molecule has 7 nitrogen and oxygen atoms in total. The maximum absolute atomic E-state index is 11.8. The van der Waals surface area contributed by atoms with Crippen molar-refractivity contribution >= 4 is 43.9 Å². The fourth-order valence-corrected chi connectivity index (χ4v) is 3.23. The van der Waals surface area contributed by atoms with E-state index in [1.165, 1.54) is 0 Å². The minimum atomic E-state index is -3.54. The van der Waals surface area contributed by atoms with Gasteiger partial charge in [-0.1, -0.05) is 46.1 Å². The number of thiocarbonyl (C=S) groups is 1. The second kappa shape index (κ2) is 5.55. The number of hydrogen-bond acceptors (Lipinski definition) is 7. The molecule has 1 aromatic heterocycles. The van der Waals surface area contributed by atoms with Crippen molar-refractivity contribution in [3.8, 4) is 0 Å². The number of nitrogens with zero attached hydrogens (tertiary/aromatic N) is 3. The van der Waals surface area contributed by atoms with E-state index < -0.39 is 10.0 Å². The van der Waals surface area contributed by atoms with Crippen molar-refractivity contribution in [2.24, 2.45) is 5.73 Å². The van der Waals surface area contributed by atoms with Gasteiger partial charge in [0.25, 0.3) is 0 Å². The molecule has 2 aromatic rings. The van der Waals surface area contributed by atoms with Crippen LogP contribution < -0.4 is 10.5 Å². The summed E-state index contributed by atoms with van der Waals surface area (Å²) in [6.45, 7) is 0. The molecule has 1 heterocycles. The molecule has 10 heteroatoms. The molecule has 0 saturated carbocycles. The highest BCUT2D eigenvalue weighted by Gasteiger charge is 2.14. The summed E-state index contributed by atoms with van der Waals surface area (Å²) in [7, 11) is -3.54. The third kappa shape index (κ3) is 3.91. The van der Waals surface area contributed by atoms with Gasteiger partial charge in [-0.25, -0.2) is 8.42 Å². The highest BCUT2D eigenvalue weighted by atomic mass is 32.2. The van der Waals surface area contributed by atoms with Crippen LogP contribution in [-0.4, -0.2) is 28.2 Å². The molecule has 2 rings (SSSR count). The SMILES string of the molecule is NC(=S)c1ccc(CS(=O)(=O)Nc2nnns2)cc1. The maximum Gasteiger partial charge on any atom is 0.238 e. The lowest BCUT2D eigenvalue weighted by molar-refractivity contribution is 0.600. The van der Waals surface area contributed by atoms with Gasteiger partial charge in [0.2, 0.25) is 15.2 Å². The zero-order valence-corrected chi connectivity index (χ0v) is 11.9. The Morgan fingerprint density at radius 3 is 2.58 bits per heavy atom. The first kappa shape index (κ1) is 13.8. The zero-order chi connectivity index (χ0) is 13.9. The number of sulfonamides is 1. The molecular weight excluding hydrogens is 306 g/mol. The second-order valence-electron chi connectivity index (χ2n) is 3.59. The third-order valence-corrected chi connectivity index (χ3v) is 4.23. The monoisotopic (exact) mass is 315 g/mol. The van der Waals surface area contributed by atoms with Crippen LogP contribution in [0.5, 0.6) is 0 Å². The molecule has 0 aliphatic heterocycles. The number of nitrogens with one attached hydrogen (secondary N) is 1. The molecule has 0 radical (unpaired) electrons. The van der Waals surface area contributed by atoms with Crippen molar-refractivity contribution in [1.29, 1.82) is 0 Å². The minimum absolute atomic E-state index is 0.139. The van der Waals surface area contributed by atoms with Gasteiger partial charge >= 0.3 is 0 Å². The minimum Gasteiger partial charge on any atom is -0.389 e. The van der Waals surface area contributed by atoms with E-state index in [4.69, 9.17) is 18.0 Å². The fraction of sp³-hybridized carbons (Fsp3) is 0.111. The van der Waals surface area contributed by atoms with Gasteiger partial charge in [0, 0.05) is 17.1 Å². The lowest BCUT2D eigenvalue weighted by Gasteiger charge is -2.05. The molecule has 0 aliphatic carbocycles. The summed E-state index contributed by atoms with van der Waals surface area (Å²) in [6.07, 6.45) is 0. The summed E-state index contributed by atoms with van der Waals surface area (Å²) in [4.78, 5) is 0.271. The normalized spacial score (nSPS) is 11.2. The molecule has 3 N–H and O–H groups in total. The van der Waals surface area contributed by atoms with Crippen LogP contribution in [0.4, 0.5) is 5.13 Å². The van der Waals surface area contributed by atoms with Crippen molar-refractivity contribution in [1.82, 2.24) is 14.8 Å². The lowest BCUT2D eigenvalue weighted by atomic mass is 10.1. The standard InChI is InChI=1S/C9H9N5O2S3/c10-8(17)7-3-1-6(2-4-7)5-19(15,16)12-9-11-13-14-18-9/h1-4H,5H2,(H2,10,17)(H,11,12,14). The highest BCUT2D eigenvalue weighted by molar-refractivity contribution is 7.92. The summed E-state index contributed by atoms with van der Waals surface area (Å²) in [5, 5.41) is 6.96. The molecule has 100 valence electrons. The Morgan fingerprint density at radius 2 is 2.05 bits per heavy atom. The van der Waals surface area contributed by atoms with Crippen molar-refractivity contribution in [3.63, 3.8) is 0 Å². The van der Waals surface area contributed by atoms with Crippen LogP contribution in [0.3, 0.4) is 0 Å². The molecule has 0 bridgehead atoms. The molecule has 0 unspecified atom stereocenters. The van der Waals surface area contributed by atoms with Gasteiger partial charge in [-0.05, 0) is 10.8 Å². The Morgan fingerprint density at radius 1 is 1.37 bits per heavy atom. The van der Waals surface area contributed by atoms with Gasteiger partial charge in [0.05, 0.1) is 5.75 Å². The van der Waals surface area contributed by atoms with Crippen LogP contribution in [0, 0.1) is 0 Å².